The molecule has 2 amide bonds. The molecule has 2 atom stereocenters. The minimum atomic E-state index is -2.55. The molecule has 110 valence electrons. The summed E-state index contributed by atoms with van der Waals surface area (Å²) in [7, 11) is 0. The molecule has 0 spiro atoms. The second-order valence-corrected chi connectivity index (χ2v) is 5.59. The Balaban J connectivity index is 2.47. The Morgan fingerprint density at radius 1 is 1.37 bits per heavy atom. The molecule has 19 heavy (non-hydrogen) atoms. The van der Waals surface area contributed by atoms with Crippen LogP contribution in [0.1, 0.15) is 34.1 Å². The summed E-state index contributed by atoms with van der Waals surface area (Å²) in [5, 5.41) is 2.35. The van der Waals surface area contributed by atoms with Gasteiger partial charge in [-0.2, -0.15) is 0 Å². The molecule has 7 heteroatoms. The first-order valence-corrected chi connectivity index (χ1v) is 6.20. The Labute approximate surface area is 111 Å². The van der Waals surface area contributed by atoms with E-state index in [2.05, 4.69) is 5.32 Å². The Bertz CT molecular complexity index is 355. The Hall–Kier alpha value is -1.40. The van der Waals surface area contributed by atoms with Crippen molar-refractivity contribution in [1.82, 2.24) is 10.2 Å². The van der Waals surface area contributed by atoms with E-state index in [0.717, 1.165) is 4.90 Å². The van der Waals surface area contributed by atoms with Crippen molar-refractivity contribution in [2.24, 2.45) is 0 Å². The highest BCUT2D eigenvalue weighted by molar-refractivity contribution is 5.86. The van der Waals surface area contributed by atoms with Gasteiger partial charge in [0.25, 0.3) is 6.43 Å². The second-order valence-electron chi connectivity index (χ2n) is 5.59. The van der Waals surface area contributed by atoms with Gasteiger partial charge in [-0.3, -0.25) is 4.79 Å². The molecule has 0 aromatic carbocycles. The zero-order valence-electron chi connectivity index (χ0n) is 11.6. The van der Waals surface area contributed by atoms with Gasteiger partial charge < -0.3 is 15.0 Å². The lowest BCUT2D eigenvalue weighted by Crippen LogP contribution is -2.59. The summed E-state index contributed by atoms with van der Waals surface area (Å²) in [5.74, 6) is -0.512. The fourth-order valence-electron chi connectivity index (χ4n) is 1.74. The first-order valence-electron chi connectivity index (χ1n) is 6.20. The lowest BCUT2D eigenvalue weighted by molar-refractivity contribution is -0.147. The quantitative estimate of drug-likeness (QED) is 0.856. The van der Waals surface area contributed by atoms with Gasteiger partial charge >= 0.3 is 6.09 Å². The molecule has 1 aliphatic rings. The van der Waals surface area contributed by atoms with Crippen LogP contribution in [0.3, 0.4) is 0 Å². The smallest absolute Gasteiger partial charge is 0.408 e. The van der Waals surface area contributed by atoms with Gasteiger partial charge in [0.2, 0.25) is 5.91 Å². The van der Waals surface area contributed by atoms with E-state index >= 15 is 0 Å². The minimum absolute atomic E-state index is 0.294. The number of likely N-dealkylation sites (tertiary alicyclic amines) is 1. The third-order valence-electron chi connectivity index (χ3n) is 2.74. The second kappa shape index (κ2) is 5.71. The summed E-state index contributed by atoms with van der Waals surface area (Å²) in [4.78, 5) is 24.4. The molecule has 5 nitrogen and oxygen atoms in total. The predicted molar refractivity (Wildman–Crippen MR) is 65.0 cm³/mol. The van der Waals surface area contributed by atoms with Crippen LogP contribution >= 0.6 is 0 Å². The van der Waals surface area contributed by atoms with E-state index in [1.54, 1.807) is 20.8 Å². The summed E-state index contributed by atoms with van der Waals surface area (Å²) in [6.07, 6.45) is -2.99. The fraction of sp³-hybridized carbons (Fsp3) is 0.833. The topological polar surface area (TPSA) is 58.6 Å². The number of alkyl halides is 2. The van der Waals surface area contributed by atoms with Crippen LogP contribution in [0, 0.1) is 0 Å². The highest BCUT2D eigenvalue weighted by atomic mass is 19.3. The Kier molecular flexibility index (Phi) is 4.70. The molecule has 1 heterocycles. The summed E-state index contributed by atoms with van der Waals surface area (Å²) in [6.45, 7) is 6.84. The van der Waals surface area contributed by atoms with Crippen LogP contribution < -0.4 is 5.32 Å². The van der Waals surface area contributed by atoms with Crippen LogP contribution in [0.5, 0.6) is 0 Å². The zero-order valence-corrected chi connectivity index (χ0v) is 11.6. The van der Waals surface area contributed by atoms with Crippen LogP contribution in [0.4, 0.5) is 13.6 Å². The summed E-state index contributed by atoms with van der Waals surface area (Å²) >= 11 is 0. The number of ether oxygens (including phenoxy) is 1. The highest BCUT2D eigenvalue weighted by Crippen LogP contribution is 2.24. The maximum atomic E-state index is 12.5. The molecule has 1 fully saturated rings. The van der Waals surface area contributed by atoms with Gasteiger partial charge in [-0.1, -0.05) is 0 Å². The van der Waals surface area contributed by atoms with Crippen LogP contribution in [0.25, 0.3) is 0 Å². The number of rotatable bonds is 3. The van der Waals surface area contributed by atoms with E-state index in [9.17, 15) is 18.4 Å². The van der Waals surface area contributed by atoms with E-state index in [4.69, 9.17) is 4.74 Å². The van der Waals surface area contributed by atoms with Crippen molar-refractivity contribution < 1.29 is 23.1 Å². The van der Waals surface area contributed by atoms with E-state index in [-0.39, 0.29) is 0 Å². The maximum Gasteiger partial charge on any atom is 0.408 e. The molecule has 1 N–H and O–H groups in total. The number of carbonyl (C=O) groups is 2. The van der Waals surface area contributed by atoms with E-state index in [1.165, 1.54) is 6.92 Å². The average molecular weight is 278 g/mol. The van der Waals surface area contributed by atoms with E-state index < -0.39 is 36.1 Å². The molecule has 0 radical (unpaired) electrons. The third-order valence-corrected chi connectivity index (χ3v) is 2.74. The first kappa shape index (κ1) is 15.7. The number of hydrogen-bond donors (Lipinski definition) is 1. The Morgan fingerprint density at radius 2 is 1.95 bits per heavy atom. The monoisotopic (exact) mass is 278 g/mol. The van der Waals surface area contributed by atoms with Gasteiger partial charge in [0.1, 0.15) is 11.6 Å². The standard InChI is InChI=1S/C12H20F2N2O3/c1-7(15-11(18)19-12(2,3)4)10(17)16-6-5-8(16)9(13)14/h7-9H,5-6H2,1-4H3,(H,15,18)/t7-,8-/m1/s1. The van der Waals surface area contributed by atoms with Crippen LogP contribution in [0.15, 0.2) is 0 Å². The normalized spacial score (nSPS) is 20.8. The van der Waals surface area contributed by atoms with Crippen molar-refractivity contribution in [3.05, 3.63) is 0 Å². The predicted octanol–water partition coefficient (Wildman–Crippen LogP) is 1.77. The average Bonchev–Trinajstić information content (AvgIpc) is 2.10. The van der Waals surface area contributed by atoms with Crippen LogP contribution in [0.2, 0.25) is 0 Å². The van der Waals surface area contributed by atoms with Crippen molar-refractivity contribution in [2.75, 3.05) is 6.54 Å². The first-order chi connectivity index (χ1) is 8.61. The van der Waals surface area contributed by atoms with Gasteiger partial charge in [-0.05, 0) is 34.1 Å². The zero-order chi connectivity index (χ0) is 14.8. The Morgan fingerprint density at radius 3 is 2.32 bits per heavy atom. The molecule has 0 saturated carbocycles. The number of hydrogen-bond acceptors (Lipinski definition) is 3. The van der Waals surface area contributed by atoms with Crippen LogP contribution in [-0.2, 0) is 9.53 Å². The largest absolute Gasteiger partial charge is 0.444 e. The van der Waals surface area contributed by atoms with Crippen LogP contribution in [-0.4, -0.2) is 47.6 Å². The molecule has 1 rings (SSSR count). The van der Waals surface area contributed by atoms with Crippen molar-refractivity contribution in [1.29, 1.82) is 0 Å². The van der Waals surface area contributed by atoms with Gasteiger partial charge in [-0.25, -0.2) is 13.6 Å². The fourth-order valence-corrected chi connectivity index (χ4v) is 1.74. The summed E-state index contributed by atoms with van der Waals surface area (Å²) < 4.78 is 30.1. The van der Waals surface area contributed by atoms with Gasteiger partial charge in [0, 0.05) is 6.54 Å². The molecule has 1 aliphatic heterocycles. The molecular formula is C12H20F2N2O3. The van der Waals surface area contributed by atoms with Gasteiger partial charge in [0.15, 0.2) is 0 Å². The molecule has 0 aromatic heterocycles. The van der Waals surface area contributed by atoms with Crippen molar-refractivity contribution >= 4 is 12.0 Å². The van der Waals surface area contributed by atoms with Gasteiger partial charge in [-0.15, -0.1) is 0 Å². The summed E-state index contributed by atoms with van der Waals surface area (Å²) in [5.41, 5.74) is -0.672. The SMILES string of the molecule is C[C@@H](NC(=O)OC(C)(C)C)C(=O)N1CC[C@@H]1C(F)F. The van der Waals surface area contributed by atoms with E-state index in [0.29, 0.717) is 13.0 Å². The lowest BCUT2D eigenvalue weighted by Gasteiger charge is -2.41. The molecule has 0 bridgehead atoms. The van der Waals surface area contributed by atoms with Crippen molar-refractivity contribution in [3.63, 3.8) is 0 Å². The lowest BCUT2D eigenvalue weighted by atomic mass is 10.0. The maximum absolute atomic E-state index is 12.5. The number of amides is 2. The molecular weight excluding hydrogens is 258 g/mol. The third kappa shape index (κ3) is 4.33. The van der Waals surface area contributed by atoms with Crippen molar-refractivity contribution in [3.8, 4) is 0 Å². The van der Waals surface area contributed by atoms with Crippen molar-refractivity contribution in [2.45, 2.75) is 58.2 Å². The van der Waals surface area contributed by atoms with E-state index in [1.807, 2.05) is 0 Å². The summed E-state index contributed by atoms with van der Waals surface area (Å²) in [6, 6.07) is -1.91. The minimum Gasteiger partial charge on any atom is -0.444 e. The highest BCUT2D eigenvalue weighted by Gasteiger charge is 2.40. The number of carbonyl (C=O) groups excluding carboxylic acids is 2. The number of halogens is 2. The number of nitrogens with one attached hydrogen (secondary N) is 1. The number of nitrogens with zero attached hydrogens (tertiary/aromatic N) is 1. The molecule has 0 aromatic rings. The molecule has 1 saturated heterocycles. The van der Waals surface area contributed by atoms with Gasteiger partial charge in [0.05, 0.1) is 6.04 Å². The molecule has 0 unspecified atom stereocenters. The number of alkyl carbamates (subject to hydrolysis) is 1. The molecule has 0 aliphatic carbocycles.